The molecule has 0 spiro atoms. The molecule has 0 amide bonds. The summed E-state index contributed by atoms with van der Waals surface area (Å²) in [6, 6.07) is 5.48. The molecular weight excluding hydrogens is 253 g/mol. The van der Waals surface area contributed by atoms with E-state index in [2.05, 4.69) is 0 Å². The van der Waals surface area contributed by atoms with Gasteiger partial charge in [-0.05, 0) is 32.9 Å². The van der Waals surface area contributed by atoms with Crippen LogP contribution in [0.15, 0.2) is 16.5 Å². The lowest BCUT2D eigenvalue weighted by Crippen LogP contribution is -2.06. The van der Waals surface area contributed by atoms with E-state index in [1.54, 1.807) is 32.9 Å². The minimum Gasteiger partial charge on any atom is -0.465 e. The summed E-state index contributed by atoms with van der Waals surface area (Å²) < 4.78 is 28.7. The molecule has 0 aliphatic rings. The predicted octanol–water partition coefficient (Wildman–Crippen LogP) is 3.81. The van der Waals surface area contributed by atoms with Gasteiger partial charge in [0.1, 0.15) is 17.2 Å². The van der Waals surface area contributed by atoms with Crippen molar-refractivity contribution in [1.82, 2.24) is 0 Å². The normalized spacial score (nSPS) is 13.2. The molecule has 1 aromatic rings. The first-order chi connectivity index (χ1) is 8.57. The fourth-order valence-corrected chi connectivity index (χ4v) is 3.57. The van der Waals surface area contributed by atoms with Gasteiger partial charge >= 0.3 is 7.60 Å². The summed E-state index contributed by atoms with van der Waals surface area (Å²) in [5.74, 6) is 1.17. The van der Waals surface area contributed by atoms with Gasteiger partial charge in [-0.3, -0.25) is 4.57 Å². The van der Waals surface area contributed by atoms with Gasteiger partial charge < -0.3 is 13.5 Å². The van der Waals surface area contributed by atoms with Crippen molar-refractivity contribution >= 4 is 7.60 Å². The molecule has 1 rings (SSSR count). The summed E-state index contributed by atoms with van der Waals surface area (Å²) in [6.45, 7) is 5.79. The molecule has 1 heterocycles. The van der Waals surface area contributed by atoms with Gasteiger partial charge in [0.15, 0.2) is 0 Å². The zero-order chi connectivity index (χ0) is 13.6. The second kappa shape index (κ2) is 6.75. The molecule has 0 saturated carbocycles. The fraction of sp³-hybridized carbons (Fsp3) is 0.583. The highest BCUT2D eigenvalue weighted by molar-refractivity contribution is 7.54. The van der Waals surface area contributed by atoms with Gasteiger partial charge in [0, 0.05) is 0 Å². The Balaban J connectivity index is 3.09. The molecule has 6 heteroatoms. The van der Waals surface area contributed by atoms with Crippen LogP contribution < -0.4 is 0 Å². The summed E-state index contributed by atoms with van der Waals surface area (Å²) in [6.07, 6.45) is 0.0320. The van der Waals surface area contributed by atoms with E-state index >= 15 is 0 Å². The van der Waals surface area contributed by atoms with E-state index in [0.717, 1.165) is 0 Å². The van der Waals surface area contributed by atoms with Gasteiger partial charge in [-0.15, -0.1) is 0 Å². The molecule has 1 atom stereocenters. The van der Waals surface area contributed by atoms with Crippen LogP contribution in [0.3, 0.4) is 0 Å². The smallest absolute Gasteiger partial charge is 0.342 e. The summed E-state index contributed by atoms with van der Waals surface area (Å²) in [5.41, 5.74) is -0.670. The number of furan rings is 1. The van der Waals surface area contributed by atoms with E-state index in [-0.39, 0.29) is 19.6 Å². The van der Waals surface area contributed by atoms with E-state index < -0.39 is 13.3 Å². The Morgan fingerprint density at radius 2 is 2.00 bits per heavy atom. The molecule has 0 saturated heterocycles. The molecule has 0 radical (unpaired) electrons. The zero-order valence-corrected chi connectivity index (χ0v) is 11.8. The average Bonchev–Trinajstić information content (AvgIpc) is 2.73. The number of aryl methyl sites for hydroxylation is 1. The zero-order valence-electron chi connectivity index (χ0n) is 10.9. The molecule has 0 aliphatic heterocycles. The van der Waals surface area contributed by atoms with Crippen LogP contribution >= 0.6 is 7.60 Å². The van der Waals surface area contributed by atoms with E-state index in [1.807, 2.05) is 6.07 Å². The van der Waals surface area contributed by atoms with Gasteiger partial charge in [0.05, 0.1) is 25.7 Å². The van der Waals surface area contributed by atoms with Crippen molar-refractivity contribution in [3.8, 4) is 6.07 Å². The van der Waals surface area contributed by atoms with Crippen molar-refractivity contribution in [2.24, 2.45) is 0 Å². The second-order valence-corrected chi connectivity index (χ2v) is 5.92. The van der Waals surface area contributed by atoms with Gasteiger partial charge in [0.2, 0.25) is 0 Å². The monoisotopic (exact) mass is 271 g/mol. The van der Waals surface area contributed by atoms with E-state index in [4.69, 9.17) is 18.7 Å². The number of hydrogen-bond donors (Lipinski definition) is 0. The van der Waals surface area contributed by atoms with Crippen LogP contribution in [0, 0.1) is 18.3 Å². The highest BCUT2D eigenvalue weighted by atomic mass is 31.2. The van der Waals surface area contributed by atoms with E-state index in [1.165, 1.54) is 0 Å². The third kappa shape index (κ3) is 3.46. The number of rotatable bonds is 7. The minimum atomic E-state index is -3.37. The summed E-state index contributed by atoms with van der Waals surface area (Å²) in [4.78, 5) is 0. The first kappa shape index (κ1) is 15.0. The molecule has 100 valence electrons. The van der Waals surface area contributed by atoms with Crippen molar-refractivity contribution in [2.75, 3.05) is 13.2 Å². The highest BCUT2D eigenvalue weighted by Gasteiger charge is 2.38. The standard InChI is InChI=1S/C12H18NO4P/c1-4-15-18(14,16-5-2)12(8-9-13)11-7-6-10(3)17-11/h6-7,12H,4-5,8H2,1-3H3. The highest BCUT2D eigenvalue weighted by Crippen LogP contribution is 2.62. The van der Waals surface area contributed by atoms with Crippen LogP contribution in [0.1, 0.15) is 37.4 Å². The Morgan fingerprint density at radius 1 is 1.39 bits per heavy atom. The molecule has 0 bridgehead atoms. The quantitative estimate of drug-likeness (QED) is 0.705. The molecule has 0 aliphatic carbocycles. The minimum absolute atomic E-state index is 0.0320. The Labute approximate surface area is 107 Å². The van der Waals surface area contributed by atoms with Gasteiger partial charge in [0.25, 0.3) is 0 Å². The van der Waals surface area contributed by atoms with Crippen LogP contribution in [0.25, 0.3) is 0 Å². The van der Waals surface area contributed by atoms with Crippen LogP contribution in [-0.2, 0) is 13.6 Å². The average molecular weight is 271 g/mol. The molecule has 0 N–H and O–H groups in total. The number of nitrogens with zero attached hydrogens (tertiary/aromatic N) is 1. The van der Waals surface area contributed by atoms with Crippen molar-refractivity contribution in [3.63, 3.8) is 0 Å². The Kier molecular flexibility index (Phi) is 5.61. The number of hydrogen-bond acceptors (Lipinski definition) is 5. The first-order valence-corrected chi connectivity index (χ1v) is 7.50. The van der Waals surface area contributed by atoms with Crippen molar-refractivity contribution in [1.29, 1.82) is 5.26 Å². The van der Waals surface area contributed by atoms with Crippen LogP contribution in [-0.4, -0.2) is 13.2 Å². The van der Waals surface area contributed by atoms with Crippen molar-refractivity contribution in [2.45, 2.75) is 32.9 Å². The maximum absolute atomic E-state index is 12.7. The van der Waals surface area contributed by atoms with Crippen molar-refractivity contribution < 1.29 is 18.0 Å². The Hall–Kier alpha value is -1.08. The summed E-state index contributed by atoms with van der Waals surface area (Å²) >= 11 is 0. The van der Waals surface area contributed by atoms with E-state index in [0.29, 0.717) is 11.5 Å². The molecule has 18 heavy (non-hydrogen) atoms. The molecular formula is C12H18NO4P. The van der Waals surface area contributed by atoms with E-state index in [9.17, 15) is 4.57 Å². The molecule has 1 unspecified atom stereocenters. The lowest BCUT2D eigenvalue weighted by atomic mass is 10.2. The maximum atomic E-state index is 12.7. The van der Waals surface area contributed by atoms with Crippen LogP contribution in [0.5, 0.6) is 0 Å². The molecule has 1 aromatic heterocycles. The molecule has 0 aromatic carbocycles. The maximum Gasteiger partial charge on any atom is 0.342 e. The number of nitriles is 1. The van der Waals surface area contributed by atoms with Crippen molar-refractivity contribution in [3.05, 3.63) is 23.7 Å². The van der Waals surface area contributed by atoms with Crippen LogP contribution in [0.2, 0.25) is 0 Å². The second-order valence-electron chi connectivity index (χ2n) is 3.70. The lowest BCUT2D eigenvalue weighted by molar-refractivity contribution is 0.209. The topological polar surface area (TPSA) is 72.5 Å². The first-order valence-electron chi connectivity index (χ1n) is 5.89. The predicted molar refractivity (Wildman–Crippen MR) is 67.3 cm³/mol. The van der Waals surface area contributed by atoms with Gasteiger partial charge in [-0.2, -0.15) is 5.26 Å². The third-order valence-electron chi connectivity index (χ3n) is 2.37. The molecule has 5 nitrogen and oxygen atoms in total. The SMILES string of the molecule is CCOP(=O)(OCC)C(CC#N)c1ccc(C)o1. The van der Waals surface area contributed by atoms with Crippen LogP contribution in [0.4, 0.5) is 0 Å². The van der Waals surface area contributed by atoms with Gasteiger partial charge in [-0.1, -0.05) is 0 Å². The molecule has 0 fully saturated rings. The Morgan fingerprint density at radius 3 is 2.39 bits per heavy atom. The van der Waals surface area contributed by atoms with Gasteiger partial charge in [-0.25, -0.2) is 0 Å². The summed E-state index contributed by atoms with van der Waals surface area (Å²) in [5, 5.41) is 8.88. The largest absolute Gasteiger partial charge is 0.465 e. The summed E-state index contributed by atoms with van der Waals surface area (Å²) in [7, 11) is -3.37. The Bertz CT molecular complexity index is 453. The fourth-order valence-electron chi connectivity index (χ4n) is 1.66. The third-order valence-corrected chi connectivity index (χ3v) is 4.81. The lowest BCUT2D eigenvalue weighted by Gasteiger charge is -2.23.